The maximum atomic E-state index is 3.67. The van der Waals surface area contributed by atoms with Crippen molar-refractivity contribution in [3.05, 3.63) is 114 Å². The van der Waals surface area contributed by atoms with Gasteiger partial charge in [-0.1, -0.05) is 114 Å². The summed E-state index contributed by atoms with van der Waals surface area (Å²) in [6.45, 7) is 0. The third kappa shape index (κ3) is 5.78. The van der Waals surface area contributed by atoms with Crippen LogP contribution in [0.2, 0.25) is 0 Å². The van der Waals surface area contributed by atoms with E-state index in [0.717, 1.165) is 6.42 Å². The molecule has 0 saturated heterocycles. The van der Waals surface area contributed by atoms with E-state index in [1.54, 1.807) is 0 Å². The Hall–Kier alpha value is -1.41. The second kappa shape index (κ2) is 12.1. The van der Waals surface area contributed by atoms with E-state index < -0.39 is 0 Å². The van der Waals surface area contributed by atoms with Gasteiger partial charge >= 0.3 is 18.6 Å². The zero-order valence-electron chi connectivity index (χ0n) is 14.4. The summed E-state index contributed by atoms with van der Waals surface area (Å²) in [7, 11) is 0. The molecule has 0 unspecified atom stereocenters. The van der Waals surface area contributed by atoms with Crippen molar-refractivity contribution in [2.45, 2.75) is 6.42 Å². The van der Waals surface area contributed by atoms with E-state index >= 15 is 0 Å². The molecule has 3 aromatic rings. The van der Waals surface area contributed by atoms with Crippen molar-refractivity contribution in [2.75, 3.05) is 0 Å². The van der Waals surface area contributed by atoms with Crippen molar-refractivity contribution >= 4 is 16.7 Å². The Labute approximate surface area is 191 Å². The molecule has 135 valence electrons. The SMILES string of the molecule is [C-]1=C(c2ccccc2)CC(c2ccccc2)=C1c1ccccc1.[Cl-].[Cl-].[Cl-].[V+4]. The van der Waals surface area contributed by atoms with Crippen molar-refractivity contribution in [3.63, 3.8) is 0 Å². The van der Waals surface area contributed by atoms with Gasteiger partial charge in [0.2, 0.25) is 0 Å². The summed E-state index contributed by atoms with van der Waals surface area (Å²) in [5.74, 6) is 0. The van der Waals surface area contributed by atoms with Gasteiger partial charge in [0, 0.05) is 0 Å². The molecular formula is C23H17Cl3V. The van der Waals surface area contributed by atoms with Gasteiger partial charge < -0.3 is 37.2 Å². The summed E-state index contributed by atoms with van der Waals surface area (Å²) < 4.78 is 0. The Bertz CT molecular complexity index is 873. The molecule has 0 N–H and O–H groups in total. The Morgan fingerprint density at radius 1 is 0.519 bits per heavy atom. The minimum atomic E-state index is 0. The predicted molar refractivity (Wildman–Crippen MR) is 97.4 cm³/mol. The molecule has 0 heterocycles. The molecule has 0 spiro atoms. The van der Waals surface area contributed by atoms with Gasteiger partial charge in [0.05, 0.1) is 0 Å². The largest absolute Gasteiger partial charge is 4.00 e. The van der Waals surface area contributed by atoms with Crippen LogP contribution >= 0.6 is 0 Å². The number of halogens is 3. The summed E-state index contributed by atoms with van der Waals surface area (Å²) in [5.41, 5.74) is 7.61. The van der Waals surface area contributed by atoms with Crippen molar-refractivity contribution < 1.29 is 55.8 Å². The molecule has 0 fully saturated rings. The van der Waals surface area contributed by atoms with Crippen LogP contribution in [0.15, 0.2) is 91.0 Å². The van der Waals surface area contributed by atoms with Gasteiger partial charge in [0.25, 0.3) is 0 Å². The molecule has 0 atom stereocenters. The summed E-state index contributed by atoms with van der Waals surface area (Å²) in [6.07, 6.45) is 4.60. The Balaban J connectivity index is 0.00000169. The van der Waals surface area contributed by atoms with Crippen LogP contribution in [0.25, 0.3) is 16.7 Å². The molecule has 3 aromatic carbocycles. The molecule has 1 radical (unpaired) electrons. The summed E-state index contributed by atoms with van der Waals surface area (Å²) in [5, 5.41) is 0. The molecule has 4 rings (SSSR count). The molecule has 0 aromatic heterocycles. The zero-order valence-corrected chi connectivity index (χ0v) is 18.1. The number of hydrogen-bond donors (Lipinski definition) is 0. The fourth-order valence-electron chi connectivity index (χ4n) is 3.09. The van der Waals surface area contributed by atoms with E-state index in [9.17, 15) is 0 Å². The molecule has 1 aliphatic rings. The Morgan fingerprint density at radius 2 is 0.926 bits per heavy atom. The van der Waals surface area contributed by atoms with E-state index in [4.69, 9.17) is 0 Å². The maximum absolute atomic E-state index is 3.67. The van der Waals surface area contributed by atoms with Crippen molar-refractivity contribution in [1.29, 1.82) is 0 Å². The van der Waals surface area contributed by atoms with Gasteiger partial charge in [-0.25, -0.2) is 0 Å². The van der Waals surface area contributed by atoms with E-state index in [1.807, 2.05) is 0 Å². The summed E-state index contributed by atoms with van der Waals surface area (Å²) in [6, 6.07) is 31.8. The number of allylic oxidation sites excluding steroid dienone is 4. The van der Waals surface area contributed by atoms with E-state index in [1.165, 1.54) is 33.4 Å². The van der Waals surface area contributed by atoms with Crippen LogP contribution in [0, 0.1) is 6.08 Å². The normalized spacial score (nSPS) is 11.9. The van der Waals surface area contributed by atoms with Gasteiger partial charge in [-0.3, -0.25) is 0 Å². The first-order chi connectivity index (χ1) is 11.4. The minimum absolute atomic E-state index is 0. The topological polar surface area (TPSA) is 0 Å². The molecule has 0 amide bonds. The van der Waals surface area contributed by atoms with Crippen LogP contribution in [0.4, 0.5) is 0 Å². The number of hydrogen-bond acceptors (Lipinski definition) is 0. The minimum Gasteiger partial charge on any atom is -1.00 e. The predicted octanol–water partition coefficient (Wildman–Crippen LogP) is -3.10. The Morgan fingerprint density at radius 3 is 1.41 bits per heavy atom. The van der Waals surface area contributed by atoms with Crippen LogP contribution < -0.4 is 37.2 Å². The van der Waals surface area contributed by atoms with Gasteiger partial charge in [-0.05, 0) is 0 Å². The molecule has 1 aliphatic carbocycles. The second-order valence-electron chi connectivity index (χ2n) is 5.73. The van der Waals surface area contributed by atoms with Gasteiger partial charge in [0.15, 0.2) is 0 Å². The van der Waals surface area contributed by atoms with Crippen molar-refractivity contribution in [1.82, 2.24) is 0 Å². The number of benzene rings is 3. The monoisotopic (exact) mass is 449 g/mol. The van der Waals surface area contributed by atoms with Crippen LogP contribution in [0.1, 0.15) is 23.1 Å². The first kappa shape index (κ1) is 25.6. The third-order valence-corrected chi connectivity index (χ3v) is 4.24. The maximum Gasteiger partial charge on any atom is 4.00 e. The fraction of sp³-hybridized carbons (Fsp3) is 0.0435. The van der Waals surface area contributed by atoms with Gasteiger partial charge in [0.1, 0.15) is 0 Å². The molecule has 0 nitrogen and oxygen atoms in total. The molecule has 0 aliphatic heterocycles. The molecular weight excluding hydrogens is 434 g/mol. The van der Waals surface area contributed by atoms with E-state index in [2.05, 4.69) is 97.1 Å². The van der Waals surface area contributed by atoms with Crippen LogP contribution in [-0.2, 0) is 18.6 Å². The molecule has 27 heavy (non-hydrogen) atoms. The molecule has 0 saturated carbocycles. The van der Waals surface area contributed by atoms with E-state index in [0.29, 0.717) is 0 Å². The van der Waals surface area contributed by atoms with Crippen LogP contribution in [0.5, 0.6) is 0 Å². The summed E-state index contributed by atoms with van der Waals surface area (Å²) >= 11 is 0. The van der Waals surface area contributed by atoms with Crippen LogP contribution in [0.3, 0.4) is 0 Å². The second-order valence-corrected chi connectivity index (χ2v) is 5.73. The van der Waals surface area contributed by atoms with Crippen molar-refractivity contribution in [3.8, 4) is 0 Å². The van der Waals surface area contributed by atoms with E-state index in [-0.39, 0.29) is 55.8 Å². The van der Waals surface area contributed by atoms with Crippen LogP contribution in [-0.4, -0.2) is 0 Å². The first-order valence-electron chi connectivity index (χ1n) is 7.94. The summed E-state index contributed by atoms with van der Waals surface area (Å²) in [4.78, 5) is 0. The van der Waals surface area contributed by atoms with Gasteiger partial charge in [-0.15, -0.1) is 22.8 Å². The average Bonchev–Trinajstić information content (AvgIpc) is 3.09. The zero-order chi connectivity index (χ0) is 15.5. The quantitative estimate of drug-likeness (QED) is 0.371. The molecule has 0 bridgehead atoms. The smallest absolute Gasteiger partial charge is 1.00 e. The average molecular weight is 451 g/mol. The fourth-order valence-corrected chi connectivity index (χ4v) is 3.09. The third-order valence-electron chi connectivity index (χ3n) is 4.24. The standard InChI is InChI=1S/C23H17.3ClH.V/c1-4-10-18(11-5-1)21-16-22(19-12-6-2-7-13-19)23(17-21)20-14-8-3-9-15-20;;;;/h1-15H,16H2;3*1H;/q-1;;;;+4/p-3. The number of rotatable bonds is 3. The van der Waals surface area contributed by atoms with Crippen molar-refractivity contribution in [2.24, 2.45) is 0 Å². The van der Waals surface area contributed by atoms with Gasteiger partial charge in [-0.2, -0.15) is 0 Å². The Kier molecular flexibility index (Phi) is 11.5. The first-order valence-corrected chi connectivity index (χ1v) is 7.94. The molecule has 4 heteroatoms.